The summed E-state index contributed by atoms with van der Waals surface area (Å²) in [4.78, 5) is 36.2. The molecular formula is C44H44N4O6. The summed E-state index contributed by atoms with van der Waals surface area (Å²) in [5.41, 5.74) is 7.40. The topological polar surface area (TPSA) is 96.7 Å². The molecule has 4 aliphatic heterocycles. The van der Waals surface area contributed by atoms with E-state index in [4.69, 9.17) is 14.2 Å². The third kappa shape index (κ3) is 6.29. The SMILES string of the molecule is COC1CCN(C[C@@H]2Cc3ccccc3CN2C(=O)c2cc3c(cc2-c2cc(C(=O)N(c4ccccc4)c4ccc(O)cc4)c4n2CCCC4)OCO3)C1. The van der Waals surface area contributed by atoms with Crippen molar-refractivity contribution in [3.8, 4) is 28.5 Å². The first-order valence-electron chi connectivity index (χ1n) is 18.9. The lowest BCUT2D eigenvalue weighted by atomic mass is 9.92. The van der Waals surface area contributed by atoms with Crippen LogP contribution >= 0.6 is 0 Å². The Labute approximate surface area is 315 Å². The number of ether oxygens (including phenoxy) is 3. The zero-order valence-corrected chi connectivity index (χ0v) is 30.4. The highest BCUT2D eigenvalue weighted by Gasteiger charge is 2.37. The van der Waals surface area contributed by atoms with Gasteiger partial charge < -0.3 is 28.8 Å². The van der Waals surface area contributed by atoms with Crippen molar-refractivity contribution in [2.24, 2.45) is 0 Å². The van der Waals surface area contributed by atoms with Crippen molar-refractivity contribution in [1.29, 1.82) is 0 Å². The number of aromatic hydroxyl groups is 1. The van der Waals surface area contributed by atoms with Crippen LogP contribution in [0.25, 0.3) is 11.3 Å². The zero-order valence-electron chi connectivity index (χ0n) is 30.4. The average Bonchev–Trinajstić information content (AvgIpc) is 3.97. The Morgan fingerprint density at radius 3 is 2.37 bits per heavy atom. The van der Waals surface area contributed by atoms with Gasteiger partial charge in [0, 0.05) is 74.2 Å². The third-order valence-electron chi connectivity index (χ3n) is 11.5. The molecule has 10 nitrogen and oxygen atoms in total. The largest absolute Gasteiger partial charge is 0.508 e. The van der Waals surface area contributed by atoms with E-state index in [0.717, 1.165) is 86.5 Å². The summed E-state index contributed by atoms with van der Waals surface area (Å²) in [6, 6.07) is 30.4. The number of benzene rings is 4. The minimum absolute atomic E-state index is 0.0376. The van der Waals surface area contributed by atoms with Gasteiger partial charge in [0.25, 0.3) is 11.8 Å². The molecule has 0 saturated carbocycles. The van der Waals surface area contributed by atoms with Gasteiger partial charge in [0.2, 0.25) is 6.79 Å². The number of phenolic OH excluding ortho intramolecular Hbond substituents is 1. The Morgan fingerprint density at radius 2 is 1.59 bits per heavy atom. The molecule has 1 fully saturated rings. The van der Waals surface area contributed by atoms with Crippen LogP contribution in [0.1, 0.15) is 56.8 Å². The summed E-state index contributed by atoms with van der Waals surface area (Å²) in [6.45, 7) is 3.85. The predicted molar refractivity (Wildman–Crippen MR) is 206 cm³/mol. The van der Waals surface area contributed by atoms with Gasteiger partial charge in [-0.25, -0.2) is 0 Å². The van der Waals surface area contributed by atoms with E-state index in [1.165, 1.54) is 5.56 Å². The van der Waals surface area contributed by atoms with Crippen molar-refractivity contribution in [2.45, 2.75) is 57.3 Å². The minimum Gasteiger partial charge on any atom is -0.508 e. The minimum atomic E-state index is -0.176. The highest BCUT2D eigenvalue weighted by Crippen LogP contribution is 2.43. The average molecular weight is 725 g/mol. The zero-order chi connectivity index (χ0) is 36.8. The van der Waals surface area contributed by atoms with Crippen molar-refractivity contribution >= 4 is 23.2 Å². The van der Waals surface area contributed by atoms with Gasteiger partial charge in [-0.3, -0.25) is 19.4 Å². The molecule has 0 bridgehead atoms. The van der Waals surface area contributed by atoms with E-state index in [0.29, 0.717) is 34.9 Å². The van der Waals surface area contributed by atoms with Crippen molar-refractivity contribution in [1.82, 2.24) is 14.4 Å². The van der Waals surface area contributed by atoms with Crippen LogP contribution in [-0.2, 0) is 30.7 Å². The smallest absolute Gasteiger partial charge is 0.264 e. The maximum atomic E-state index is 15.2. The molecule has 9 rings (SSSR count). The fourth-order valence-electron chi connectivity index (χ4n) is 8.69. The molecule has 10 heteroatoms. The lowest BCUT2D eigenvalue weighted by Crippen LogP contribution is -2.50. The second-order valence-electron chi connectivity index (χ2n) is 14.7. The van der Waals surface area contributed by atoms with Crippen LogP contribution in [0.4, 0.5) is 11.4 Å². The number of nitrogens with zero attached hydrogens (tertiary/aromatic N) is 4. The number of anilines is 2. The second kappa shape index (κ2) is 14.3. The van der Waals surface area contributed by atoms with E-state index in [1.54, 1.807) is 36.3 Å². The number of methoxy groups -OCH3 is 1. The molecule has 5 heterocycles. The van der Waals surface area contributed by atoms with Gasteiger partial charge in [-0.05, 0) is 97.8 Å². The summed E-state index contributed by atoms with van der Waals surface area (Å²) in [6.07, 6.45) is 4.60. The van der Waals surface area contributed by atoms with Crippen LogP contribution < -0.4 is 14.4 Å². The third-order valence-corrected chi connectivity index (χ3v) is 11.5. The van der Waals surface area contributed by atoms with Crippen molar-refractivity contribution in [2.75, 3.05) is 38.4 Å². The number of hydrogen-bond acceptors (Lipinski definition) is 7. The van der Waals surface area contributed by atoms with Gasteiger partial charge in [0.15, 0.2) is 11.5 Å². The number of carbonyl (C=O) groups is 2. The number of para-hydroxylation sites is 1. The van der Waals surface area contributed by atoms with Crippen LogP contribution in [-0.4, -0.2) is 77.0 Å². The molecule has 276 valence electrons. The van der Waals surface area contributed by atoms with E-state index in [1.807, 2.05) is 59.5 Å². The van der Waals surface area contributed by atoms with Crippen molar-refractivity contribution < 1.29 is 28.9 Å². The standard InChI is InChI=1S/C44H44N4O6/c1-52-35-18-20-45(27-35)26-33-21-29-9-5-6-10-30(29)25-47(33)43(50)37-24-42-41(53-28-54-42)23-36(37)40-22-38(39-13-7-8-19-46(39)40)44(51)48(31-11-3-2-4-12-31)32-14-16-34(49)17-15-32/h2-6,9-12,14-17,22-24,33,35,49H,7-8,13,18-21,25-28H2,1H3/t33-,35?/m0/s1. The quantitative estimate of drug-likeness (QED) is 0.181. The first kappa shape index (κ1) is 34.2. The van der Waals surface area contributed by atoms with Gasteiger partial charge in [0.05, 0.1) is 17.2 Å². The molecule has 1 saturated heterocycles. The molecule has 54 heavy (non-hydrogen) atoms. The van der Waals surface area contributed by atoms with E-state index in [2.05, 4.69) is 27.7 Å². The van der Waals surface area contributed by atoms with Crippen LogP contribution in [0.2, 0.25) is 0 Å². The van der Waals surface area contributed by atoms with E-state index in [-0.39, 0.29) is 36.5 Å². The molecule has 2 atom stereocenters. The number of likely N-dealkylation sites (tertiary alicyclic amines) is 1. The number of aromatic nitrogens is 1. The Kier molecular flexibility index (Phi) is 9.08. The summed E-state index contributed by atoms with van der Waals surface area (Å²) in [5, 5.41) is 10.1. The lowest BCUT2D eigenvalue weighted by Gasteiger charge is -2.39. The van der Waals surface area contributed by atoms with Gasteiger partial charge in [-0.1, -0.05) is 42.5 Å². The second-order valence-corrected chi connectivity index (χ2v) is 14.7. The maximum Gasteiger partial charge on any atom is 0.264 e. The lowest BCUT2D eigenvalue weighted by molar-refractivity contribution is 0.0575. The molecule has 0 aliphatic carbocycles. The van der Waals surface area contributed by atoms with E-state index < -0.39 is 0 Å². The Hall–Kier alpha value is -5.58. The summed E-state index contributed by atoms with van der Waals surface area (Å²) >= 11 is 0. The number of carbonyl (C=O) groups excluding carboxylic acids is 2. The number of rotatable bonds is 8. The fraction of sp³-hybridized carbons (Fsp3) is 0.318. The molecule has 4 aliphatic rings. The van der Waals surface area contributed by atoms with Crippen LogP contribution in [0.5, 0.6) is 17.2 Å². The highest BCUT2D eigenvalue weighted by molar-refractivity contribution is 6.12. The molecule has 1 aromatic heterocycles. The van der Waals surface area contributed by atoms with Gasteiger partial charge >= 0.3 is 0 Å². The van der Waals surface area contributed by atoms with E-state index in [9.17, 15) is 9.90 Å². The Morgan fingerprint density at radius 1 is 0.852 bits per heavy atom. The van der Waals surface area contributed by atoms with Crippen LogP contribution in [0.15, 0.2) is 97.1 Å². The molecule has 1 unspecified atom stereocenters. The van der Waals surface area contributed by atoms with Crippen LogP contribution in [0, 0.1) is 0 Å². The Bertz CT molecular complexity index is 2200. The molecule has 2 amide bonds. The van der Waals surface area contributed by atoms with Crippen molar-refractivity contribution in [3.05, 3.63) is 125 Å². The molecule has 0 radical (unpaired) electrons. The number of amides is 2. The van der Waals surface area contributed by atoms with Gasteiger partial charge in [-0.2, -0.15) is 0 Å². The maximum absolute atomic E-state index is 15.2. The number of fused-ring (bicyclic) bond motifs is 3. The highest BCUT2D eigenvalue weighted by atomic mass is 16.7. The first-order chi connectivity index (χ1) is 26.4. The summed E-state index contributed by atoms with van der Waals surface area (Å²) in [7, 11) is 1.77. The first-order valence-corrected chi connectivity index (χ1v) is 18.9. The van der Waals surface area contributed by atoms with Crippen molar-refractivity contribution in [3.63, 3.8) is 0 Å². The molecule has 4 aromatic carbocycles. The van der Waals surface area contributed by atoms with Gasteiger partial charge in [-0.15, -0.1) is 0 Å². The molecule has 5 aromatic rings. The summed E-state index contributed by atoms with van der Waals surface area (Å²) < 4.78 is 19.7. The van der Waals surface area contributed by atoms with Gasteiger partial charge in [0.1, 0.15) is 5.75 Å². The van der Waals surface area contributed by atoms with E-state index >= 15 is 4.79 Å². The fourth-order valence-corrected chi connectivity index (χ4v) is 8.69. The Balaban J connectivity index is 1.14. The number of phenols is 1. The predicted octanol–water partition coefficient (Wildman–Crippen LogP) is 7.19. The molecule has 0 spiro atoms. The monoisotopic (exact) mass is 724 g/mol. The normalized spacial score (nSPS) is 19.0. The van der Waals surface area contributed by atoms with Crippen LogP contribution in [0.3, 0.4) is 0 Å². The molecular weight excluding hydrogens is 681 g/mol. The molecule has 1 N–H and O–H groups in total. The number of hydrogen-bond donors (Lipinski definition) is 1. The summed E-state index contributed by atoms with van der Waals surface area (Å²) in [5.74, 6) is 1.01.